The van der Waals surface area contributed by atoms with Crippen LogP contribution in [0.25, 0.3) is 6.08 Å². The Hall–Kier alpha value is -2.90. The van der Waals surface area contributed by atoms with Gasteiger partial charge >= 0.3 is 18.3 Å². The maximum atomic E-state index is 14.2. The summed E-state index contributed by atoms with van der Waals surface area (Å²) in [6.07, 6.45) is -7.05. The van der Waals surface area contributed by atoms with E-state index in [-0.39, 0.29) is 12.2 Å². The van der Waals surface area contributed by atoms with Gasteiger partial charge in [0.05, 0.1) is 5.56 Å². The fourth-order valence-electron chi connectivity index (χ4n) is 2.17. The summed E-state index contributed by atoms with van der Waals surface area (Å²) in [5, 5.41) is 8.53. The van der Waals surface area contributed by atoms with Gasteiger partial charge in [0, 0.05) is 12.5 Å². The number of ether oxygens (including phenoxy) is 1. The first kappa shape index (κ1) is 20.4. The zero-order valence-corrected chi connectivity index (χ0v) is 13.8. The topological polar surface area (TPSA) is 46.5 Å². The first-order valence-corrected chi connectivity index (χ1v) is 7.79. The van der Waals surface area contributed by atoms with E-state index >= 15 is 0 Å². The number of rotatable bonds is 7. The third kappa shape index (κ3) is 6.73. The van der Waals surface area contributed by atoms with Crippen LogP contribution < -0.4 is 4.74 Å². The molecule has 144 valence electrons. The quantitative estimate of drug-likeness (QED) is 0.511. The van der Waals surface area contributed by atoms with Gasteiger partial charge in [0.1, 0.15) is 5.75 Å². The molecule has 0 fully saturated rings. The van der Waals surface area contributed by atoms with Gasteiger partial charge in [0.2, 0.25) is 0 Å². The van der Waals surface area contributed by atoms with E-state index in [1.807, 2.05) is 0 Å². The van der Waals surface area contributed by atoms with E-state index in [0.717, 1.165) is 18.2 Å². The molecule has 1 N–H and O–H groups in total. The highest BCUT2D eigenvalue weighted by Gasteiger charge is 2.34. The van der Waals surface area contributed by atoms with E-state index in [1.165, 1.54) is 42.5 Å². The summed E-state index contributed by atoms with van der Waals surface area (Å²) < 4.78 is 69.6. The SMILES string of the molecule is O=C(O)/C=C/c1ccc(C(F)(F)Oc2ccc(CCC(F)(F)F)cc2)cc1. The second-order valence-electron chi connectivity index (χ2n) is 5.67. The zero-order chi connectivity index (χ0) is 20.1. The van der Waals surface area contributed by atoms with Crippen molar-refractivity contribution in [3.63, 3.8) is 0 Å². The van der Waals surface area contributed by atoms with E-state index in [1.54, 1.807) is 0 Å². The van der Waals surface area contributed by atoms with Crippen molar-refractivity contribution >= 4 is 12.0 Å². The minimum Gasteiger partial charge on any atom is -0.478 e. The molecule has 0 spiro atoms. The number of benzene rings is 2. The van der Waals surface area contributed by atoms with Crippen LogP contribution in [0.2, 0.25) is 0 Å². The van der Waals surface area contributed by atoms with E-state index in [0.29, 0.717) is 11.1 Å². The summed E-state index contributed by atoms with van der Waals surface area (Å²) in [5.41, 5.74) is 0.333. The summed E-state index contributed by atoms with van der Waals surface area (Å²) in [6, 6.07) is 9.79. The molecule has 0 heterocycles. The molecule has 0 saturated carbocycles. The van der Waals surface area contributed by atoms with Crippen LogP contribution in [0.1, 0.15) is 23.1 Å². The molecule has 0 amide bonds. The smallest absolute Gasteiger partial charge is 0.426 e. The van der Waals surface area contributed by atoms with E-state index in [4.69, 9.17) is 5.11 Å². The molecule has 8 heteroatoms. The van der Waals surface area contributed by atoms with Crippen molar-refractivity contribution in [2.75, 3.05) is 0 Å². The first-order chi connectivity index (χ1) is 12.5. The van der Waals surface area contributed by atoms with Crippen LogP contribution in [0.5, 0.6) is 5.75 Å². The van der Waals surface area contributed by atoms with E-state index < -0.39 is 30.2 Å². The second kappa shape index (κ2) is 8.20. The Balaban J connectivity index is 2.03. The highest BCUT2D eigenvalue weighted by molar-refractivity contribution is 5.85. The van der Waals surface area contributed by atoms with Crippen molar-refractivity contribution in [2.45, 2.75) is 25.1 Å². The van der Waals surface area contributed by atoms with E-state index in [2.05, 4.69) is 4.74 Å². The van der Waals surface area contributed by atoms with Crippen LogP contribution in [0.3, 0.4) is 0 Å². The second-order valence-corrected chi connectivity index (χ2v) is 5.67. The van der Waals surface area contributed by atoms with Gasteiger partial charge in [-0.25, -0.2) is 4.79 Å². The van der Waals surface area contributed by atoms with Crippen LogP contribution in [0, 0.1) is 0 Å². The largest absolute Gasteiger partial charge is 0.478 e. The molecule has 0 aromatic heterocycles. The molecule has 0 bridgehead atoms. The minimum absolute atomic E-state index is 0.189. The van der Waals surface area contributed by atoms with Gasteiger partial charge in [-0.1, -0.05) is 24.3 Å². The molecule has 2 rings (SSSR count). The molecule has 27 heavy (non-hydrogen) atoms. The first-order valence-electron chi connectivity index (χ1n) is 7.79. The van der Waals surface area contributed by atoms with Crippen molar-refractivity contribution in [3.8, 4) is 5.75 Å². The van der Waals surface area contributed by atoms with Crippen LogP contribution in [0.15, 0.2) is 54.6 Å². The molecule has 3 nitrogen and oxygen atoms in total. The molecule has 0 saturated heterocycles. The van der Waals surface area contributed by atoms with Gasteiger partial charge in [0.25, 0.3) is 0 Å². The predicted molar refractivity (Wildman–Crippen MR) is 88.5 cm³/mol. The molecule has 2 aromatic carbocycles. The summed E-state index contributed by atoms with van der Waals surface area (Å²) in [6.45, 7) is 0. The molecule has 0 atom stereocenters. The number of carboxylic acid groups (broad SMARTS) is 1. The number of aliphatic carboxylic acids is 1. The number of hydrogen-bond donors (Lipinski definition) is 1. The van der Waals surface area contributed by atoms with Gasteiger partial charge in [-0.3, -0.25) is 0 Å². The summed E-state index contributed by atoms with van der Waals surface area (Å²) in [7, 11) is 0. The number of carboxylic acids is 1. The molecule has 0 aliphatic heterocycles. The monoisotopic (exact) mass is 386 g/mol. The van der Waals surface area contributed by atoms with Crippen LogP contribution in [0.4, 0.5) is 22.0 Å². The highest BCUT2D eigenvalue weighted by atomic mass is 19.4. The normalized spacial score (nSPS) is 12.3. The van der Waals surface area contributed by atoms with Gasteiger partial charge in [0.15, 0.2) is 0 Å². The maximum Gasteiger partial charge on any atom is 0.426 e. The maximum absolute atomic E-state index is 14.2. The van der Waals surface area contributed by atoms with Crippen LogP contribution in [-0.2, 0) is 17.3 Å². The Bertz CT molecular complexity index is 794. The Kier molecular flexibility index (Phi) is 6.20. The third-order valence-corrected chi connectivity index (χ3v) is 3.53. The lowest BCUT2D eigenvalue weighted by atomic mass is 10.1. The number of carbonyl (C=O) groups is 1. The lowest BCUT2D eigenvalue weighted by Crippen LogP contribution is -2.21. The Labute approximate surface area is 151 Å². The lowest BCUT2D eigenvalue weighted by molar-refractivity contribution is -0.185. The van der Waals surface area contributed by atoms with Crippen molar-refractivity contribution in [1.29, 1.82) is 0 Å². The third-order valence-electron chi connectivity index (χ3n) is 3.53. The molecular weight excluding hydrogens is 371 g/mol. The average molecular weight is 386 g/mol. The van der Waals surface area contributed by atoms with Crippen LogP contribution in [-0.4, -0.2) is 17.3 Å². The standard InChI is InChI=1S/C19H15F5O3/c20-18(21,22)12-11-14-3-8-16(9-4-14)27-19(23,24)15-6-1-13(2-7-15)5-10-17(25)26/h1-10H,11-12H2,(H,25,26)/b10-5+. The number of alkyl halides is 5. The summed E-state index contributed by atoms with van der Waals surface area (Å²) >= 11 is 0. The van der Waals surface area contributed by atoms with E-state index in [9.17, 15) is 26.7 Å². The molecule has 0 radical (unpaired) electrons. The van der Waals surface area contributed by atoms with Gasteiger partial charge < -0.3 is 9.84 Å². The minimum atomic E-state index is -4.28. The fourth-order valence-corrected chi connectivity index (χ4v) is 2.17. The molecule has 0 aliphatic rings. The Morgan fingerprint density at radius 2 is 1.56 bits per heavy atom. The Morgan fingerprint density at radius 3 is 2.07 bits per heavy atom. The Morgan fingerprint density at radius 1 is 0.963 bits per heavy atom. The average Bonchev–Trinajstić information content (AvgIpc) is 2.59. The number of hydrogen-bond acceptors (Lipinski definition) is 2. The van der Waals surface area contributed by atoms with Crippen LogP contribution >= 0.6 is 0 Å². The lowest BCUT2D eigenvalue weighted by Gasteiger charge is -2.18. The number of aryl methyl sites for hydroxylation is 1. The molecular formula is C19H15F5O3. The van der Waals surface area contributed by atoms with Crippen molar-refractivity contribution in [3.05, 3.63) is 71.3 Å². The van der Waals surface area contributed by atoms with Crippen molar-refractivity contribution < 1.29 is 36.6 Å². The predicted octanol–water partition coefficient (Wildman–Crippen LogP) is 5.41. The molecule has 0 unspecified atom stereocenters. The summed E-state index contributed by atoms with van der Waals surface area (Å²) in [4.78, 5) is 10.4. The molecule has 0 aliphatic carbocycles. The van der Waals surface area contributed by atoms with Gasteiger partial charge in [-0.05, 0) is 47.9 Å². The summed E-state index contributed by atoms with van der Waals surface area (Å²) in [5.74, 6) is -1.35. The van der Waals surface area contributed by atoms with Gasteiger partial charge in [-0.15, -0.1) is 0 Å². The fraction of sp³-hybridized carbons (Fsp3) is 0.211. The van der Waals surface area contributed by atoms with Crippen molar-refractivity contribution in [1.82, 2.24) is 0 Å². The van der Waals surface area contributed by atoms with Gasteiger partial charge in [-0.2, -0.15) is 22.0 Å². The molecule has 2 aromatic rings. The highest BCUT2D eigenvalue weighted by Crippen LogP contribution is 2.32. The number of halogens is 5. The van der Waals surface area contributed by atoms with Crippen molar-refractivity contribution in [2.24, 2.45) is 0 Å². The zero-order valence-electron chi connectivity index (χ0n) is 13.8.